The molecule has 0 heterocycles. The largest absolute Gasteiger partial charge is 0.449 e. The summed E-state index contributed by atoms with van der Waals surface area (Å²) in [6.45, 7) is 0. The number of halogens is 2. The highest BCUT2D eigenvalue weighted by molar-refractivity contribution is 7.88. The van der Waals surface area contributed by atoms with Crippen molar-refractivity contribution in [1.29, 1.82) is 0 Å². The molecule has 0 amide bonds. The molecule has 0 bridgehead atoms. The molecule has 0 aromatic heterocycles. The fourth-order valence-corrected chi connectivity index (χ4v) is 0. The van der Waals surface area contributed by atoms with Crippen LogP contribution in [0.2, 0.25) is 0 Å². The lowest BCUT2D eigenvalue weighted by atomic mass is 11.7. The third-order valence-corrected chi connectivity index (χ3v) is 0.585. The SMILES string of the molecule is O=S(=O)(O)[C](F)F. The quantitative estimate of drug-likeness (QED) is 0.519. The zero-order valence-electron chi connectivity index (χ0n) is 2.93. The third-order valence-electron chi connectivity index (χ3n) is 0.195. The van der Waals surface area contributed by atoms with Gasteiger partial charge in [-0.05, 0) is 0 Å². The summed E-state index contributed by atoms with van der Waals surface area (Å²) in [7, 11) is -5.16. The molecule has 3 nitrogen and oxygen atoms in total. The molecule has 0 fully saturated rings. The van der Waals surface area contributed by atoms with E-state index in [9.17, 15) is 8.78 Å². The molecular weight excluding hydrogens is 130 g/mol. The molecule has 0 aromatic rings. The first kappa shape index (κ1) is 6.77. The second kappa shape index (κ2) is 1.71. The lowest BCUT2D eigenvalue weighted by Gasteiger charge is -1.84. The summed E-state index contributed by atoms with van der Waals surface area (Å²) in [5.74, 6) is -2.98. The molecule has 0 aromatic carbocycles. The average molecular weight is 131 g/mol. The van der Waals surface area contributed by atoms with Crippen LogP contribution in [0.3, 0.4) is 0 Å². The third kappa shape index (κ3) is 2.46. The molecule has 7 heavy (non-hydrogen) atoms. The molecule has 0 aliphatic rings. The van der Waals surface area contributed by atoms with Crippen molar-refractivity contribution in [2.75, 3.05) is 0 Å². The van der Waals surface area contributed by atoms with Crippen molar-refractivity contribution in [2.24, 2.45) is 0 Å². The maximum absolute atomic E-state index is 10.6. The van der Waals surface area contributed by atoms with Gasteiger partial charge in [0.05, 0.1) is 0 Å². The van der Waals surface area contributed by atoms with Crippen molar-refractivity contribution in [2.45, 2.75) is 0 Å². The van der Waals surface area contributed by atoms with E-state index in [-0.39, 0.29) is 0 Å². The van der Waals surface area contributed by atoms with Gasteiger partial charge in [0.15, 0.2) is 0 Å². The Labute approximate surface area is 38.7 Å². The summed E-state index contributed by atoms with van der Waals surface area (Å²) in [5, 5.41) is 0. The van der Waals surface area contributed by atoms with Crippen LogP contribution >= 0.6 is 0 Å². The van der Waals surface area contributed by atoms with Gasteiger partial charge in [0.1, 0.15) is 0 Å². The monoisotopic (exact) mass is 131 g/mol. The van der Waals surface area contributed by atoms with E-state index in [4.69, 9.17) is 13.0 Å². The molecule has 43 valence electrons. The number of rotatable bonds is 1. The highest BCUT2D eigenvalue weighted by Gasteiger charge is 2.22. The zero-order chi connectivity index (χ0) is 6.08. The molecule has 6 heteroatoms. The summed E-state index contributed by atoms with van der Waals surface area (Å²) in [6, 6.07) is 0. The maximum Gasteiger partial charge on any atom is 0.449 e. The molecule has 0 aliphatic heterocycles. The van der Waals surface area contributed by atoms with Gasteiger partial charge in [-0.25, -0.2) is 0 Å². The summed E-state index contributed by atoms with van der Waals surface area (Å²) in [6.07, 6.45) is 0. The molecule has 0 saturated heterocycles. The summed E-state index contributed by atoms with van der Waals surface area (Å²) >= 11 is 0. The molecule has 0 atom stereocenters. The minimum atomic E-state index is -5.16. The van der Waals surface area contributed by atoms with Gasteiger partial charge in [0.2, 0.25) is 0 Å². The topological polar surface area (TPSA) is 54.4 Å². The van der Waals surface area contributed by atoms with Crippen molar-refractivity contribution >= 4 is 10.1 Å². The molecule has 0 spiro atoms. The molecule has 0 aliphatic carbocycles. The van der Waals surface area contributed by atoms with E-state index >= 15 is 0 Å². The first-order valence-electron chi connectivity index (χ1n) is 1.10. The Morgan fingerprint density at radius 3 is 1.57 bits per heavy atom. The minimum absolute atomic E-state index is 2.98. The van der Waals surface area contributed by atoms with E-state index < -0.39 is 15.9 Å². The van der Waals surface area contributed by atoms with E-state index in [1.54, 1.807) is 0 Å². The van der Waals surface area contributed by atoms with Crippen LogP contribution < -0.4 is 0 Å². The minimum Gasteiger partial charge on any atom is -0.281 e. The summed E-state index contributed by atoms with van der Waals surface area (Å²) in [5.41, 5.74) is 0. The van der Waals surface area contributed by atoms with Crippen molar-refractivity contribution in [3.63, 3.8) is 0 Å². The fraction of sp³-hybridized carbons (Fsp3) is 0. The second-order valence-electron chi connectivity index (χ2n) is 0.701. The fourth-order valence-electron chi connectivity index (χ4n) is 0. The molecule has 0 saturated carbocycles. The molecule has 0 rings (SSSR count). The number of hydrogen-bond donors (Lipinski definition) is 1. The highest BCUT2D eigenvalue weighted by atomic mass is 32.2. The van der Waals surface area contributed by atoms with Crippen LogP contribution in [0.5, 0.6) is 0 Å². The van der Waals surface area contributed by atoms with Gasteiger partial charge in [-0.15, -0.1) is 0 Å². The van der Waals surface area contributed by atoms with Crippen molar-refractivity contribution in [1.82, 2.24) is 0 Å². The maximum atomic E-state index is 10.6. The van der Waals surface area contributed by atoms with Gasteiger partial charge in [-0.3, -0.25) is 4.55 Å². The lowest BCUT2D eigenvalue weighted by molar-refractivity contribution is 0.327. The first-order chi connectivity index (χ1) is 2.94. The van der Waals surface area contributed by atoms with Crippen molar-refractivity contribution in [3.05, 3.63) is 5.76 Å². The normalized spacial score (nSPS) is 12.6. The predicted molar refractivity (Wildman–Crippen MR) is 17.0 cm³/mol. The Bertz CT molecular complexity index is 135. The zero-order valence-corrected chi connectivity index (χ0v) is 3.74. The smallest absolute Gasteiger partial charge is 0.281 e. The predicted octanol–water partition coefficient (Wildman–Crippen LogP) is 0.260. The Morgan fingerprint density at radius 1 is 1.43 bits per heavy atom. The van der Waals surface area contributed by atoms with E-state index in [1.807, 2.05) is 0 Å². The van der Waals surface area contributed by atoms with Gasteiger partial charge in [0, 0.05) is 0 Å². The average Bonchev–Trinajstić information content (AvgIpc) is 1.31. The Hall–Kier alpha value is -0.230. The van der Waals surface area contributed by atoms with Crippen LogP contribution in [0.4, 0.5) is 8.78 Å². The highest BCUT2D eigenvalue weighted by Crippen LogP contribution is 2.09. The standard InChI is InChI=1S/CHF2O3S/c2-1(3)7(4,5)6/h(H,4,5,6). The Morgan fingerprint density at radius 2 is 1.57 bits per heavy atom. The van der Waals surface area contributed by atoms with E-state index in [0.29, 0.717) is 0 Å². The van der Waals surface area contributed by atoms with Gasteiger partial charge >= 0.3 is 15.9 Å². The second-order valence-corrected chi connectivity index (χ2v) is 1.96. The van der Waals surface area contributed by atoms with Gasteiger partial charge in [0.25, 0.3) is 0 Å². The Kier molecular flexibility index (Phi) is 1.65. The van der Waals surface area contributed by atoms with Crippen LogP contribution in [-0.4, -0.2) is 13.0 Å². The van der Waals surface area contributed by atoms with Crippen LogP contribution in [0.15, 0.2) is 0 Å². The van der Waals surface area contributed by atoms with E-state index in [2.05, 4.69) is 0 Å². The molecule has 1 N–H and O–H groups in total. The van der Waals surface area contributed by atoms with Gasteiger partial charge in [-0.2, -0.15) is 17.2 Å². The van der Waals surface area contributed by atoms with Crippen LogP contribution in [0, 0.1) is 5.76 Å². The molecule has 1 radical (unpaired) electrons. The first-order valence-corrected chi connectivity index (χ1v) is 2.54. The van der Waals surface area contributed by atoms with Gasteiger partial charge in [-0.1, -0.05) is 0 Å². The Balaban J connectivity index is 4.10. The van der Waals surface area contributed by atoms with Gasteiger partial charge < -0.3 is 0 Å². The lowest BCUT2D eigenvalue weighted by Crippen LogP contribution is -1.99. The van der Waals surface area contributed by atoms with Crippen molar-refractivity contribution < 1.29 is 21.8 Å². The van der Waals surface area contributed by atoms with E-state index in [0.717, 1.165) is 0 Å². The summed E-state index contributed by atoms with van der Waals surface area (Å²) < 4.78 is 46.7. The van der Waals surface area contributed by atoms with Crippen molar-refractivity contribution in [3.8, 4) is 0 Å². The summed E-state index contributed by atoms with van der Waals surface area (Å²) in [4.78, 5) is 0. The van der Waals surface area contributed by atoms with Crippen LogP contribution in [-0.2, 0) is 10.1 Å². The number of hydrogen-bond acceptors (Lipinski definition) is 2. The van der Waals surface area contributed by atoms with Crippen LogP contribution in [0.1, 0.15) is 0 Å². The molecular formula is CHF2O3S. The molecule has 0 unspecified atom stereocenters. The van der Waals surface area contributed by atoms with Crippen LogP contribution in [0.25, 0.3) is 0 Å². The van der Waals surface area contributed by atoms with E-state index in [1.165, 1.54) is 0 Å².